The Labute approximate surface area is 132 Å². The Kier molecular flexibility index (Phi) is 4.74. The predicted molar refractivity (Wildman–Crippen MR) is 86.3 cm³/mol. The number of pyridine rings is 1. The highest BCUT2D eigenvalue weighted by Crippen LogP contribution is 2.28. The van der Waals surface area contributed by atoms with Gasteiger partial charge in [0.05, 0.1) is 11.1 Å². The van der Waals surface area contributed by atoms with Crippen molar-refractivity contribution in [3.05, 3.63) is 30.1 Å². The van der Waals surface area contributed by atoms with Gasteiger partial charge in [0.2, 0.25) is 5.91 Å². The fourth-order valence-corrected chi connectivity index (χ4v) is 3.45. The number of nitrogens with one attached hydrogen (secondary N) is 1. The molecule has 5 nitrogen and oxygen atoms in total. The van der Waals surface area contributed by atoms with Crippen molar-refractivity contribution in [1.29, 1.82) is 0 Å². The van der Waals surface area contributed by atoms with Crippen LogP contribution in [0.1, 0.15) is 25.5 Å². The zero-order valence-electron chi connectivity index (χ0n) is 13.4. The summed E-state index contributed by atoms with van der Waals surface area (Å²) in [5.74, 6) is 0.331. The summed E-state index contributed by atoms with van der Waals surface area (Å²) in [7, 11) is 0. The molecule has 22 heavy (non-hydrogen) atoms. The van der Waals surface area contributed by atoms with Crippen LogP contribution in [0.25, 0.3) is 0 Å². The van der Waals surface area contributed by atoms with Gasteiger partial charge in [0, 0.05) is 45.5 Å². The van der Waals surface area contributed by atoms with E-state index in [0.717, 1.165) is 64.3 Å². The van der Waals surface area contributed by atoms with Crippen LogP contribution in [0.5, 0.6) is 0 Å². The topological polar surface area (TPSA) is 48.5 Å². The molecule has 0 aliphatic carbocycles. The molecule has 0 bridgehead atoms. The quantitative estimate of drug-likeness (QED) is 0.909. The molecule has 3 heterocycles. The van der Waals surface area contributed by atoms with Gasteiger partial charge < -0.3 is 10.2 Å². The molecule has 1 N–H and O–H groups in total. The lowest BCUT2D eigenvalue weighted by molar-refractivity contribution is -0.144. The standard InChI is InChI=1S/C17H26N4O/c1-17(6-4-7-18-14-17)16(22)21-11-9-20(10-12-21)13-15-5-2-3-8-19-15/h2-3,5,8,18H,4,6-7,9-14H2,1H3. The van der Waals surface area contributed by atoms with Gasteiger partial charge >= 0.3 is 0 Å². The molecular weight excluding hydrogens is 276 g/mol. The molecule has 2 saturated heterocycles. The molecule has 2 aliphatic rings. The number of aromatic nitrogens is 1. The smallest absolute Gasteiger partial charge is 0.229 e. The van der Waals surface area contributed by atoms with Crippen LogP contribution in [0.15, 0.2) is 24.4 Å². The van der Waals surface area contributed by atoms with Crippen molar-refractivity contribution < 1.29 is 4.79 Å². The van der Waals surface area contributed by atoms with Crippen LogP contribution in [0, 0.1) is 5.41 Å². The van der Waals surface area contributed by atoms with Gasteiger partial charge in [-0.15, -0.1) is 0 Å². The minimum absolute atomic E-state index is 0.207. The molecule has 0 radical (unpaired) electrons. The number of piperazine rings is 1. The molecule has 1 aromatic rings. The third-order valence-corrected chi connectivity index (χ3v) is 4.88. The van der Waals surface area contributed by atoms with Gasteiger partial charge in [-0.2, -0.15) is 0 Å². The molecule has 0 aromatic carbocycles. The number of amides is 1. The van der Waals surface area contributed by atoms with E-state index < -0.39 is 0 Å². The second-order valence-electron chi connectivity index (χ2n) is 6.73. The van der Waals surface area contributed by atoms with E-state index in [1.807, 2.05) is 18.3 Å². The molecule has 5 heteroatoms. The maximum absolute atomic E-state index is 12.8. The summed E-state index contributed by atoms with van der Waals surface area (Å²) in [6, 6.07) is 6.03. The number of hydrogen-bond acceptors (Lipinski definition) is 4. The first-order valence-electron chi connectivity index (χ1n) is 8.30. The predicted octanol–water partition coefficient (Wildman–Crippen LogP) is 1.12. The summed E-state index contributed by atoms with van der Waals surface area (Å²) in [6.45, 7) is 8.39. The molecule has 0 saturated carbocycles. The average molecular weight is 302 g/mol. The number of hydrogen-bond donors (Lipinski definition) is 1. The summed E-state index contributed by atoms with van der Waals surface area (Å²) in [5.41, 5.74) is 0.896. The van der Waals surface area contributed by atoms with E-state index >= 15 is 0 Å². The molecule has 0 spiro atoms. The lowest BCUT2D eigenvalue weighted by Crippen LogP contribution is -2.55. The summed E-state index contributed by atoms with van der Waals surface area (Å²) >= 11 is 0. The van der Waals surface area contributed by atoms with Crippen molar-refractivity contribution in [2.75, 3.05) is 39.3 Å². The van der Waals surface area contributed by atoms with Gasteiger partial charge in [0.1, 0.15) is 0 Å². The van der Waals surface area contributed by atoms with Crippen LogP contribution in [0.2, 0.25) is 0 Å². The first-order chi connectivity index (χ1) is 10.7. The number of rotatable bonds is 3. The number of carbonyl (C=O) groups excluding carboxylic acids is 1. The van der Waals surface area contributed by atoms with Crippen molar-refractivity contribution in [2.24, 2.45) is 5.41 Å². The average Bonchev–Trinajstić information content (AvgIpc) is 2.56. The Bertz CT molecular complexity index is 491. The van der Waals surface area contributed by atoms with E-state index in [4.69, 9.17) is 0 Å². The molecule has 2 fully saturated rings. The Morgan fingerprint density at radius 3 is 2.77 bits per heavy atom. The van der Waals surface area contributed by atoms with Crippen molar-refractivity contribution in [1.82, 2.24) is 20.1 Å². The summed E-state index contributed by atoms with van der Waals surface area (Å²) in [4.78, 5) is 21.6. The Morgan fingerprint density at radius 2 is 2.14 bits per heavy atom. The Hall–Kier alpha value is -1.46. The molecule has 1 atom stereocenters. The third kappa shape index (κ3) is 3.47. The highest BCUT2D eigenvalue weighted by Gasteiger charge is 2.38. The van der Waals surface area contributed by atoms with E-state index in [0.29, 0.717) is 5.91 Å². The van der Waals surface area contributed by atoms with E-state index in [9.17, 15) is 4.79 Å². The fourth-order valence-electron chi connectivity index (χ4n) is 3.45. The van der Waals surface area contributed by atoms with E-state index in [1.165, 1.54) is 0 Å². The fraction of sp³-hybridized carbons (Fsp3) is 0.647. The Balaban J connectivity index is 1.52. The molecule has 2 aliphatic heterocycles. The number of piperidine rings is 1. The zero-order valence-corrected chi connectivity index (χ0v) is 13.4. The first-order valence-corrected chi connectivity index (χ1v) is 8.30. The number of carbonyl (C=O) groups is 1. The van der Waals surface area contributed by atoms with Gasteiger partial charge in [-0.1, -0.05) is 6.07 Å². The lowest BCUT2D eigenvalue weighted by Gasteiger charge is -2.41. The van der Waals surface area contributed by atoms with Gasteiger partial charge in [-0.3, -0.25) is 14.7 Å². The molecule has 120 valence electrons. The van der Waals surface area contributed by atoms with Gasteiger partial charge in [-0.25, -0.2) is 0 Å². The van der Waals surface area contributed by atoms with Crippen molar-refractivity contribution in [3.63, 3.8) is 0 Å². The second-order valence-corrected chi connectivity index (χ2v) is 6.73. The minimum Gasteiger partial charge on any atom is -0.340 e. The molecule has 1 amide bonds. The van der Waals surface area contributed by atoms with E-state index in [1.54, 1.807) is 0 Å². The van der Waals surface area contributed by atoms with Crippen LogP contribution < -0.4 is 5.32 Å². The highest BCUT2D eigenvalue weighted by atomic mass is 16.2. The van der Waals surface area contributed by atoms with Crippen LogP contribution in [-0.4, -0.2) is 60.0 Å². The maximum atomic E-state index is 12.8. The van der Waals surface area contributed by atoms with Crippen molar-refractivity contribution in [2.45, 2.75) is 26.3 Å². The summed E-state index contributed by atoms with van der Waals surface area (Å²) < 4.78 is 0. The highest BCUT2D eigenvalue weighted by molar-refractivity contribution is 5.82. The first kappa shape index (κ1) is 15.4. The second kappa shape index (κ2) is 6.75. The number of nitrogens with zero attached hydrogens (tertiary/aromatic N) is 3. The normalized spacial score (nSPS) is 26.9. The van der Waals surface area contributed by atoms with Crippen molar-refractivity contribution in [3.8, 4) is 0 Å². The van der Waals surface area contributed by atoms with Crippen LogP contribution in [0.3, 0.4) is 0 Å². The molecule has 3 rings (SSSR count). The van der Waals surface area contributed by atoms with Gasteiger partial charge in [-0.05, 0) is 38.4 Å². The SMILES string of the molecule is CC1(C(=O)N2CCN(Cc3ccccn3)CC2)CCCNC1. The van der Waals surface area contributed by atoms with E-state index in [-0.39, 0.29) is 5.41 Å². The minimum atomic E-state index is -0.207. The van der Waals surface area contributed by atoms with Crippen LogP contribution in [0.4, 0.5) is 0 Å². The summed E-state index contributed by atoms with van der Waals surface area (Å²) in [6.07, 6.45) is 3.95. The molecular formula is C17H26N4O. The molecule has 1 unspecified atom stereocenters. The van der Waals surface area contributed by atoms with Crippen LogP contribution in [-0.2, 0) is 11.3 Å². The van der Waals surface area contributed by atoms with Crippen LogP contribution >= 0.6 is 0 Å². The zero-order chi connectivity index (χ0) is 15.4. The third-order valence-electron chi connectivity index (χ3n) is 4.88. The monoisotopic (exact) mass is 302 g/mol. The largest absolute Gasteiger partial charge is 0.340 e. The van der Waals surface area contributed by atoms with Crippen molar-refractivity contribution >= 4 is 5.91 Å². The van der Waals surface area contributed by atoms with Gasteiger partial charge in [0.25, 0.3) is 0 Å². The summed E-state index contributed by atoms with van der Waals surface area (Å²) in [5, 5.41) is 3.37. The lowest BCUT2D eigenvalue weighted by atomic mass is 9.81. The maximum Gasteiger partial charge on any atom is 0.229 e. The van der Waals surface area contributed by atoms with Gasteiger partial charge in [0.15, 0.2) is 0 Å². The Morgan fingerprint density at radius 1 is 1.32 bits per heavy atom. The molecule has 1 aromatic heterocycles. The van der Waals surface area contributed by atoms with E-state index in [2.05, 4.69) is 33.1 Å².